The first kappa shape index (κ1) is 18.2. The van der Waals surface area contributed by atoms with Crippen molar-refractivity contribution in [3.05, 3.63) is 69.8 Å². The highest BCUT2D eigenvalue weighted by Crippen LogP contribution is 2.20. The topological polar surface area (TPSA) is 63.6 Å². The fraction of sp³-hybridized carbons (Fsp3) is 0.105. The van der Waals surface area contributed by atoms with Crippen molar-refractivity contribution in [2.75, 3.05) is 6.61 Å². The normalized spacial score (nSPS) is 11.0. The molecule has 0 aliphatic heterocycles. The Morgan fingerprint density at radius 3 is 2.73 bits per heavy atom. The predicted molar refractivity (Wildman–Crippen MR) is 104 cm³/mol. The number of ether oxygens (including phenoxy) is 1. The van der Waals surface area contributed by atoms with Crippen LogP contribution in [0.4, 0.5) is 0 Å². The van der Waals surface area contributed by atoms with Gasteiger partial charge in [0.05, 0.1) is 11.7 Å². The van der Waals surface area contributed by atoms with Gasteiger partial charge >= 0.3 is 0 Å². The van der Waals surface area contributed by atoms with Crippen LogP contribution in [0.3, 0.4) is 0 Å². The van der Waals surface area contributed by atoms with E-state index >= 15 is 0 Å². The van der Waals surface area contributed by atoms with E-state index in [0.717, 1.165) is 16.5 Å². The Morgan fingerprint density at radius 2 is 1.96 bits per heavy atom. The van der Waals surface area contributed by atoms with Gasteiger partial charge in [0.25, 0.3) is 5.91 Å². The van der Waals surface area contributed by atoms with Crippen molar-refractivity contribution in [3.63, 3.8) is 0 Å². The minimum absolute atomic E-state index is 0.165. The second kappa shape index (κ2) is 8.17. The largest absolute Gasteiger partial charge is 0.484 e. The highest BCUT2D eigenvalue weighted by Gasteiger charge is 2.05. The number of nitrogens with one attached hydrogen (secondary N) is 1. The minimum atomic E-state index is -0.392. The molecule has 0 fully saturated rings. The SMILES string of the molecule is Cc1ccc2cc(/C=N/NC(=O)COc3ccc(Cl)cc3)c(Cl)nc2c1. The number of halogens is 2. The van der Waals surface area contributed by atoms with E-state index in [1.165, 1.54) is 6.21 Å². The maximum absolute atomic E-state index is 11.8. The molecule has 3 rings (SSSR count). The quantitative estimate of drug-likeness (QED) is 0.401. The van der Waals surface area contributed by atoms with Crippen molar-refractivity contribution in [1.29, 1.82) is 0 Å². The first-order chi connectivity index (χ1) is 12.5. The lowest BCUT2D eigenvalue weighted by atomic mass is 10.1. The van der Waals surface area contributed by atoms with Crippen LogP contribution < -0.4 is 10.2 Å². The molecule has 132 valence electrons. The van der Waals surface area contributed by atoms with E-state index in [1.807, 2.05) is 31.2 Å². The number of pyridine rings is 1. The van der Waals surface area contributed by atoms with E-state index < -0.39 is 5.91 Å². The van der Waals surface area contributed by atoms with E-state index in [1.54, 1.807) is 24.3 Å². The van der Waals surface area contributed by atoms with Crippen LogP contribution in [0.15, 0.2) is 53.6 Å². The van der Waals surface area contributed by atoms with Crippen LogP contribution in [-0.2, 0) is 4.79 Å². The zero-order valence-corrected chi connectivity index (χ0v) is 15.4. The Kier molecular flexibility index (Phi) is 5.71. The van der Waals surface area contributed by atoms with Crippen LogP contribution in [0.5, 0.6) is 5.75 Å². The first-order valence-electron chi connectivity index (χ1n) is 7.78. The third kappa shape index (κ3) is 4.71. The van der Waals surface area contributed by atoms with Crippen LogP contribution in [0.1, 0.15) is 11.1 Å². The first-order valence-corrected chi connectivity index (χ1v) is 8.54. The predicted octanol–water partition coefficient (Wildman–Crippen LogP) is 4.38. The van der Waals surface area contributed by atoms with Crippen LogP contribution in [-0.4, -0.2) is 23.7 Å². The molecule has 3 aromatic rings. The standard InChI is InChI=1S/C19H15Cl2N3O2/c1-12-2-3-13-9-14(19(21)23-17(13)8-12)10-22-24-18(25)11-26-16-6-4-15(20)5-7-16/h2-10H,11H2,1H3,(H,24,25)/b22-10+. The van der Waals surface area contributed by atoms with Crippen LogP contribution in [0.2, 0.25) is 10.2 Å². The van der Waals surface area contributed by atoms with Crippen molar-refractivity contribution in [2.24, 2.45) is 5.10 Å². The van der Waals surface area contributed by atoms with E-state index in [9.17, 15) is 4.79 Å². The lowest BCUT2D eigenvalue weighted by Gasteiger charge is -2.05. The number of carbonyl (C=O) groups is 1. The second-order valence-electron chi connectivity index (χ2n) is 5.60. The Labute approximate surface area is 160 Å². The van der Waals surface area contributed by atoms with Crippen molar-refractivity contribution in [1.82, 2.24) is 10.4 Å². The fourth-order valence-electron chi connectivity index (χ4n) is 2.25. The Balaban J connectivity index is 1.60. The summed E-state index contributed by atoms with van der Waals surface area (Å²) >= 11 is 12.0. The zero-order chi connectivity index (χ0) is 18.5. The lowest BCUT2D eigenvalue weighted by Crippen LogP contribution is -2.24. The molecule has 0 saturated carbocycles. The van der Waals surface area contributed by atoms with Crippen molar-refractivity contribution in [3.8, 4) is 5.75 Å². The summed E-state index contributed by atoms with van der Waals surface area (Å²) in [6.45, 7) is 1.83. The molecule has 1 heterocycles. The number of fused-ring (bicyclic) bond motifs is 1. The average molecular weight is 388 g/mol. The van der Waals surface area contributed by atoms with Crippen LogP contribution in [0, 0.1) is 6.92 Å². The van der Waals surface area contributed by atoms with E-state index in [-0.39, 0.29) is 6.61 Å². The molecule has 0 bridgehead atoms. The van der Waals surface area contributed by atoms with Gasteiger partial charge in [-0.2, -0.15) is 5.10 Å². The summed E-state index contributed by atoms with van der Waals surface area (Å²) < 4.78 is 5.34. The number of hydrogen-bond donors (Lipinski definition) is 1. The van der Waals surface area contributed by atoms with Gasteiger partial charge in [-0.15, -0.1) is 0 Å². The monoisotopic (exact) mass is 387 g/mol. The van der Waals surface area contributed by atoms with Gasteiger partial charge < -0.3 is 4.74 Å². The Morgan fingerprint density at radius 1 is 1.19 bits per heavy atom. The zero-order valence-electron chi connectivity index (χ0n) is 13.9. The molecule has 0 unspecified atom stereocenters. The molecule has 26 heavy (non-hydrogen) atoms. The molecule has 0 radical (unpaired) electrons. The fourth-order valence-corrected chi connectivity index (χ4v) is 2.57. The van der Waals surface area contributed by atoms with Gasteiger partial charge in [0, 0.05) is 16.0 Å². The van der Waals surface area contributed by atoms with Gasteiger partial charge in [-0.3, -0.25) is 4.79 Å². The maximum Gasteiger partial charge on any atom is 0.277 e. The molecule has 0 aliphatic carbocycles. The number of nitrogens with zero attached hydrogens (tertiary/aromatic N) is 2. The lowest BCUT2D eigenvalue weighted by molar-refractivity contribution is -0.123. The maximum atomic E-state index is 11.8. The van der Waals surface area contributed by atoms with Gasteiger partial charge in [0.1, 0.15) is 10.9 Å². The van der Waals surface area contributed by atoms with Gasteiger partial charge in [-0.25, -0.2) is 10.4 Å². The van der Waals surface area contributed by atoms with Crippen molar-refractivity contribution < 1.29 is 9.53 Å². The van der Waals surface area contributed by atoms with E-state index in [0.29, 0.717) is 21.5 Å². The number of hydrogen-bond acceptors (Lipinski definition) is 4. The Hall–Kier alpha value is -2.63. The molecule has 7 heteroatoms. The Bertz CT molecular complexity index is 972. The molecule has 0 spiro atoms. The molecular formula is C19H15Cl2N3O2. The van der Waals surface area contributed by atoms with Crippen molar-refractivity contribution in [2.45, 2.75) is 6.92 Å². The van der Waals surface area contributed by atoms with E-state index in [2.05, 4.69) is 15.5 Å². The summed E-state index contributed by atoms with van der Waals surface area (Å²) in [5.41, 5.74) is 4.92. The molecule has 1 aromatic heterocycles. The molecule has 1 N–H and O–H groups in total. The molecular weight excluding hydrogens is 373 g/mol. The summed E-state index contributed by atoms with van der Waals surface area (Å²) in [5, 5.41) is 5.76. The smallest absolute Gasteiger partial charge is 0.277 e. The molecule has 5 nitrogen and oxygen atoms in total. The molecule has 1 amide bonds. The summed E-state index contributed by atoms with van der Waals surface area (Å²) in [6.07, 6.45) is 1.45. The highest BCUT2D eigenvalue weighted by atomic mass is 35.5. The average Bonchev–Trinajstić information content (AvgIpc) is 2.62. The number of benzene rings is 2. The molecule has 0 saturated heterocycles. The van der Waals surface area contributed by atoms with Gasteiger partial charge in [0.15, 0.2) is 6.61 Å². The summed E-state index contributed by atoms with van der Waals surface area (Å²) in [5.74, 6) is 0.155. The van der Waals surface area contributed by atoms with Crippen LogP contribution in [0.25, 0.3) is 10.9 Å². The van der Waals surface area contributed by atoms with Gasteiger partial charge in [-0.05, 0) is 48.9 Å². The third-order valence-corrected chi connectivity index (χ3v) is 4.08. The number of rotatable bonds is 5. The van der Waals surface area contributed by atoms with Crippen molar-refractivity contribution >= 4 is 46.2 Å². The van der Waals surface area contributed by atoms with Gasteiger partial charge in [0.2, 0.25) is 0 Å². The third-order valence-electron chi connectivity index (χ3n) is 3.53. The second-order valence-corrected chi connectivity index (χ2v) is 6.39. The molecule has 0 aliphatic rings. The highest BCUT2D eigenvalue weighted by molar-refractivity contribution is 6.32. The summed E-state index contributed by atoms with van der Waals surface area (Å²) in [4.78, 5) is 16.1. The number of amides is 1. The minimum Gasteiger partial charge on any atom is -0.484 e. The molecule has 0 atom stereocenters. The molecule has 2 aromatic carbocycles. The van der Waals surface area contributed by atoms with Gasteiger partial charge in [-0.1, -0.05) is 35.3 Å². The summed E-state index contributed by atoms with van der Waals surface area (Å²) in [6, 6.07) is 14.5. The van der Waals surface area contributed by atoms with E-state index in [4.69, 9.17) is 27.9 Å². The number of aryl methyl sites for hydroxylation is 1. The summed E-state index contributed by atoms with van der Waals surface area (Å²) in [7, 11) is 0. The van der Waals surface area contributed by atoms with Crippen LogP contribution >= 0.6 is 23.2 Å². The number of carbonyl (C=O) groups excluding carboxylic acids is 1. The number of aromatic nitrogens is 1. The number of hydrazone groups is 1.